The molecule has 1 N–H and O–H groups in total. The van der Waals surface area contributed by atoms with Crippen molar-refractivity contribution >= 4 is 0 Å². The molecule has 1 saturated carbocycles. The summed E-state index contributed by atoms with van der Waals surface area (Å²) >= 11 is 0. The van der Waals surface area contributed by atoms with Gasteiger partial charge in [-0.05, 0) is 62.3 Å². The molecule has 2 rings (SSSR count). The summed E-state index contributed by atoms with van der Waals surface area (Å²) in [7, 11) is 0. The van der Waals surface area contributed by atoms with E-state index in [1.54, 1.807) is 0 Å². The van der Waals surface area contributed by atoms with Crippen LogP contribution in [-0.2, 0) is 6.54 Å². The van der Waals surface area contributed by atoms with Gasteiger partial charge in [-0.1, -0.05) is 38.8 Å². The third-order valence-corrected chi connectivity index (χ3v) is 4.70. The zero-order chi connectivity index (χ0) is 15.2. The fraction of sp³-hybridized carbons (Fsp3) is 0.684. The highest BCUT2D eigenvalue weighted by atomic mass is 16.5. The molecule has 1 aliphatic rings. The smallest absolute Gasteiger partial charge is 0.125 e. The third kappa shape index (κ3) is 4.47. The van der Waals surface area contributed by atoms with Gasteiger partial charge in [-0.2, -0.15) is 0 Å². The molecule has 1 fully saturated rings. The van der Waals surface area contributed by atoms with Crippen LogP contribution in [0.15, 0.2) is 12.1 Å². The second kappa shape index (κ2) is 7.84. The van der Waals surface area contributed by atoms with E-state index in [9.17, 15) is 0 Å². The predicted octanol–water partition coefficient (Wildman–Crippen LogP) is 4.76. The average Bonchev–Trinajstić information content (AvgIpc) is 2.49. The molecule has 0 aliphatic heterocycles. The predicted molar refractivity (Wildman–Crippen MR) is 90.0 cm³/mol. The van der Waals surface area contributed by atoms with E-state index in [0.717, 1.165) is 24.8 Å². The zero-order valence-corrected chi connectivity index (χ0v) is 14.2. The average molecular weight is 289 g/mol. The SMILES string of the molecule is CCNCc1cc(C)c(OC2CCCC(CC)C2)c(C)c1. The van der Waals surface area contributed by atoms with Crippen molar-refractivity contribution in [2.24, 2.45) is 5.92 Å². The number of rotatable bonds is 6. The minimum Gasteiger partial charge on any atom is -0.490 e. The van der Waals surface area contributed by atoms with Crippen molar-refractivity contribution in [3.63, 3.8) is 0 Å². The summed E-state index contributed by atoms with van der Waals surface area (Å²) in [6.45, 7) is 10.8. The number of hydrogen-bond donors (Lipinski definition) is 1. The molecule has 0 spiro atoms. The number of benzene rings is 1. The summed E-state index contributed by atoms with van der Waals surface area (Å²) < 4.78 is 6.39. The van der Waals surface area contributed by atoms with E-state index in [4.69, 9.17) is 4.74 Å². The fourth-order valence-corrected chi connectivity index (χ4v) is 3.48. The molecule has 0 heterocycles. The highest BCUT2D eigenvalue weighted by Gasteiger charge is 2.23. The first-order chi connectivity index (χ1) is 10.1. The molecule has 0 radical (unpaired) electrons. The standard InChI is InChI=1S/C19H31NO/c1-5-16-8-7-9-18(12-16)21-19-14(3)10-17(11-15(19)4)13-20-6-2/h10-11,16,18,20H,5-9,12-13H2,1-4H3. The van der Waals surface area contributed by atoms with Crippen LogP contribution >= 0.6 is 0 Å². The Bertz CT molecular complexity index is 432. The van der Waals surface area contributed by atoms with Crippen LogP contribution in [0.25, 0.3) is 0 Å². The van der Waals surface area contributed by atoms with Crippen LogP contribution in [0.2, 0.25) is 0 Å². The van der Waals surface area contributed by atoms with E-state index >= 15 is 0 Å². The quantitative estimate of drug-likeness (QED) is 0.815. The largest absolute Gasteiger partial charge is 0.490 e. The molecule has 2 unspecified atom stereocenters. The van der Waals surface area contributed by atoms with Gasteiger partial charge in [0, 0.05) is 6.54 Å². The first kappa shape index (κ1) is 16.4. The first-order valence-corrected chi connectivity index (χ1v) is 8.61. The Labute approximate surface area is 130 Å². The normalized spacial score (nSPS) is 22.3. The minimum absolute atomic E-state index is 0.417. The van der Waals surface area contributed by atoms with Crippen LogP contribution in [0.5, 0.6) is 5.75 Å². The first-order valence-electron chi connectivity index (χ1n) is 8.61. The maximum absolute atomic E-state index is 6.39. The molecule has 1 aromatic carbocycles. The molecular weight excluding hydrogens is 258 g/mol. The number of aryl methyl sites for hydroxylation is 2. The summed E-state index contributed by atoms with van der Waals surface area (Å²) in [6, 6.07) is 4.54. The van der Waals surface area contributed by atoms with Gasteiger partial charge in [0.2, 0.25) is 0 Å². The van der Waals surface area contributed by atoms with Gasteiger partial charge in [-0.3, -0.25) is 0 Å². The second-order valence-corrected chi connectivity index (χ2v) is 6.52. The lowest BCUT2D eigenvalue weighted by molar-refractivity contribution is 0.120. The Morgan fingerprint density at radius 2 is 1.86 bits per heavy atom. The maximum atomic E-state index is 6.39. The molecule has 0 bridgehead atoms. The van der Waals surface area contributed by atoms with E-state index in [1.165, 1.54) is 48.8 Å². The lowest BCUT2D eigenvalue weighted by Gasteiger charge is -2.30. The molecule has 2 atom stereocenters. The fourth-order valence-electron chi connectivity index (χ4n) is 3.48. The molecule has 2 nitrogen and oxygen atoms in total. The number of nitrogens with one attached hydrogen (secondary N) is 1. The van der Waals surface area contributed by atoms with E-state index in [1.807, 2.05) is 0 Å². The minimum atomic E-state index is 0.417. The molecule has 21 heavy (non-hydrogen) atoms. The Morgan fingerprint density at radius 3 is 2.48 bits per heavy atom. The molecule has 118 valence electrons. The molecule has 0 saturated heterocycles. The van der Waals surface area contributed by atoms with Crippen LogP contribution < -0.4 is 10.1 Å². The van der Waals surface area contributed by atoms with Crippen LogP contribution in [0, 0.1) is 19.8 Å². The van der Waals surface area contributed by atoms with Gasteiger partial charge in [0.15, 0.2) is 0 Å². The van der Waals surface area contributed by atoms with Crippen LogP contribution in [0.3, 0.4) is 0 Å². The Balaban J connectivity index is 2.05. The van der Waals surface area contributed by atoms with Crippen molar-refractivity contribution in [1.82, 2.24) is 5.32 Å². The lowest BCUT2D eigenvalue weighted by Crippen LogP contribution is -2.25. The topological polar surface area (TPSA) is 21.3 Å². The van der Waals surface area contributed by atoms with Crippen molar-refractivity contribution in [3.05, 3.63) is 28.8 Å². The van der Waals surface area contributed by atoms with E-state index in [-0.39, 0.29) is 0 Å². The highest BCUT2D eigenvalue weighted by molar-refractivity contribution is 5.43. The van der Waals surface area contributed by atoms with E-state index in [0.29, 0.717) is 6.10 Å². The van der Waals surface area contributed by atoms with Crippen LogP contribution in [0.1, 0.15) is 62.6 Å². The van der Waals surface area contributed by atoms with Gasteiger partial charge in [0.25, 0.3) is 0 Å². The van der Waals surface area contributed by atoms with E-state index in [2.05, 4.69) is 45.1 Å². The summed E-state index contributed by atoms with van der Waals surface area (Å²) in [5, 5.41) is 3.39. The monoisotopic (exact) mass is 289 g/mol. The van der Waals surface area contributed by atoms with Gasteiger partial charge in [0.1, 0.15) is 5.75 Å². The lowest BCUT2D eigenvalue weighted by atomic mass is 9.85. The van der Waals surface area contributed by atoms with Crippen LogP contribution in [0.4, 0.5) is 0 Å². The van der Waals surface area contributed by atoms with Gasteiger partial charge in [-0.15, -0.1) is 0 Å². The van der Waals surface area contributed by atoms with Gasteiger partial charge in [-0.25, -0.2) is 0 Å². The molecule has 1 aromatic rings. The van der Waals surface area contributed by atoms with Crippen molar-refractivity contribution < 1.29 is 4.74 Å². The zero-order valence-electron chi connectivity index (χ0n) is 14.2. The Hall–Kier alpha value is -1.02. The van der Waals surface area contributed by atoms with Gasteiger partial charge < -0.3 is 10.1 Å². The number of ether oxygens (including phenoxy) is 1. The summed E-state index contributed by atoms with van der Waals surface area (Å²) in [4.78, 5) is 0. The molecule has 0 aromatic heterocycles. The Kier molecular flexibility index (Phi) is 6.10. The van der Waals surface area contributed by atoms with Crippen molar-refractivity contribution in [2.75, 3.05) is 6.54 Å². The molecule has 1 aliphatic carbocycles. The summed E-state index contributed by atoms with van der Waals surface area (Å²) in [6.07, 6.45) is 6.86. The number of hydrogen-bond acceptors (Lipinski definition) is 2. The van der Waals surface area contributed by atoms with Crippen molar-refractivity contribution in [2.45, 2.75) is 72.4 Å². The molecule has 0 amide bonds. The van der Waals surface area contributed by atoms with Crippen molar-refractivity contribution in [3.8, 4) is 5.75 Å². The second-order valence-electron chi connectivity index (χ2n) is 6.52. The third-order valence-electron chi connectivity index (χ3n) is 4.70. The summed E-state index contributed by atoms with van der Waals surface area (Å²) in [5.74, 6) is 1.98. The Morgan fingerprint density at radius 1 is 1.14 bits per heavy atom. The van der Waals surface area contributed by atoms with Crippen LogP contribution in [-0.4, -0.2) is 12.6 Å². The molecular formula is C19H31NO. The van der Waals surface area contributed by atoms with Gasteiger partial charge in [0.05, 0.1) is 6.10 Å². The molecule has 2 heteroatoms. The highest BCUT2D eigenvalue weighted by Crippen LogP contribution is 2.32. The van der Waals surface area contributed by atoms with Crippen molar-refractivity contribution in [1.29, 1.82) is 0 Å². The maximum Gasteiger partial charge on any atom is 0.125 e. The van der Waals surface area contributed by atoms with Gasteiger partial charge >= 0.3 is 0 Å². The van der Waals surface area contributed by atoms with E-state index < -0.39 is 0 Å². The summed E-state index contributed by atoms with van der Waals surface area (Å²) in [5.41, 5.74) is 3.91.